The summed E-state index contributed by atoms with van der Waals surface area (Å²) in [5, 5.41) is 3.01. The van der Waals surface area contributed by atoms with E-state index >= 15 is 0 Å². The van der Waals surface area contributed by atoms with Gasteiger partial charge in [-0.15, -0.1) is 0 Å². The molecule has 0 aromatic heterocycles. The molecular formula is C30H35F6N3O2. The summed E-state index contributed by atoms with van der Waals surface area (Å²) in [7, 11) is 0. The number of alkyl halides is 6. The Bertz CT molecular complexity index is 1200. The van der Waals surface area contributed by atoms with E-state index < -0.39 is 40.8 Å². The van der Waals surface area contributed by atoms with Crippen molar-refractivity contribution >= 4 is 11.8 Å². The van der Waals surface area contributed by atoms with Gasteiger partial charge in [0, 0.05) is 25.2 Å². The average molecular weight is 584 g/mol. The van der Waals surface area contributed by atoms with Crippen molar-refractivity contribution in [3.05, 3.63) is 70.8 Å². The van der Waals surface area contributed by atoms with Gasteiger partial charge in [-0.25, -0.2) is 0 Å². The fourth-order valence-corrected chi connectivity index (χ4v) is 5.91. The molecule has 224 valence electrons. The van der Waals surface area contributed by atoms with E-state index in [2.05, 4.69) is 10.2 Å². The zero-order chi connectivity index (χ0) is 30.2. The third-order valence-corrected chi connectivity index (χ3v) is 8.46. The second-order valence-electron chi connectivity index (χ2n) is 11.4. The van der Waals surface area contributed by atoms with Crippen LogP contribution in [0.5, 0.6) is 0 Å². The highest BCUT2D eigenvalue weighted by Gasteiger charge is 2.43. The van der Waals surface area contributed by atoms with Gasteiger partial charge in [-0.2, -0.15) is 26.3 Å². The van der Waals surface area contributed by atoms with Gasteiger partial charge < -0.3 is 10.2 Å². The van der Waals surface area contributed by atoms with Crippen LogP contribution in [0.1, 0.15) is 74.6 Å². The molecule has 2 fully saturated rings. The first-order valence-electron chi connectivity index (χ1n) is 13.8. The molecule has 2 aromatic rings. The van der Waals surface area contributed by atoms with E-state index in [0.29, 0.717) is 50.9 Å². The molecule has 0 radical (unpaired) electrons. The first-order valence-corrected chi connectivity index (χ1v) is 13.8. The third kappa shape index (κ3) is 6.88. The largest absolute Gasteiger partial charge is 0.416 e. The molecule has 1 saturated heterocycles. The molecule has 1 unspecified atom stereocenters. The molecule has 41 heavy (non-hydrogen) atoms. The van der Waals surface area contributed by atoms with Crippen molar-refractivity contribution in [2.75, 3.05) is 19.6 Å². The molecule has 1 atom stereocenters. The van der Waals surface area contributed by atoms with Gasteiger partial charge in [0.05, 0.1) is 29.1 Å². The highest BCUT2D eigenvalue weighted by atomic mass is 19.4. The SMILES string of the molecule is CC(C(=O)N[C@]1(c2ccccc2)CC[C@@H](N2CCN(C(C)C)CC2=O)CC1)c1cc(C(F)(F)F)cc(C(F)(F)F)c1. The van der Waals surface area contributed by atoms with Crippen LogP contribution in [0.4, 0.5) is 26.3 Å². The van der Waals surface area contributed by atoms with E-state index in [1.165, 1.54) is 6.92 Å². The molecule has 0 bridgehead atoms. The van der Waals surface area contributed by atoms with Crippen LogP contribution in [0.3, 0.4) is 0 Å². The summed E-state index contributed by atoms with van der Waals surface area (Å²) in [5.74, 6) is -1.88. The number of rotatable bonds is 6. The van der Waals surface area contributed by atoms with Crippen LogP contribution in [-0.2, 0) is 27.5 Å². The van der Waals surface area contributed by atoms with Gasteiger partial charge >= 0.3 is 12.4 Å². The summed E-state index contributed by atoms with van der Waals surface area (Å²) in [4.78, 5) is 30.4. The molecule has 1 aliphatic carbocycles. The van der Waals surface area contributed by atoms with Crippen molar-refractivity contribution in [2.24, 2.45) is 0 Å². The highest BCUT2D eigenvalue weighted by Crippen LogP contribution is 2.41. The standard InChI is InChI=1S/C30H35F6N3O2/c1-19(2)38-13-14-39(26(40)18-38)25-9-11-28(12-10-25,22-7-5-4-6-8-22)37-27(41)20(3)21-15-23(29(31,32)33)17-24(16-21)30(34,35)36/h4-8,15-17,19-20,25H,9-14,18H2,1-3H3,(H,37,41)/t20?,25-,28-. The summed E-state index contributed by atoms with van der Waals surface area (Å²) in [5.41, 5.74) is -3.35. The molecule has 2 aromatic carbocycles. The Labute approximate surface area is 235 Å². The fourth-order valence-electron chi connectivity index (χ4n) is 5.91. The summed E-state index contributed by atoms with van der Waals surface area (Å²) in [6, 6.07) is 10.7. The minimum atomic E-state index is -5.01. The molecule has 1 saturated carbocycles. The van der Waals surface area contributed by atoms with E-state index in [1.54, 1.807) is 0 Å². The molecular weight excluding hydrogens is 548 g/mol. The zero-order valence-electron chi connectivity index (χ0n) is 23.3. The molecule has 4 rings (SSSR count). The second-order valence-corrected chi connectivity index (χ2v) is 11.4. The van der Waals surface area contributed by atoms with E-state index in [0.717, 1.165) is 12.1 Å². The lowest BCUT2D eigenvalue weighted by molar-refractivity contribution is -0.143. The monoisotopic (exact) mass is 583 g/mol. The summed E-state index contributed by atoms with van der Waals surface area (Å²) < 4.78 is 80.6. The van der Waals surface area contributed by atoms with Crippen molar-refractivity contribution in [3.8, 4) is 0 Å². The average Bonchev–Trinajstić information content (AvgIpc) is 2.92. The summed E-state index contributed by atoms with van der Waals surface area (Å²) >= 11 is 0. The van der Waals surface area contributed by atoms with Crippen molar-refractivity contribution in [1.29, 1.82) is 0 Å². The molecule has 2 amide bonds. The lowest BCUT2D eigenvalue weighted by Gasteiger charge is -2.47. The van der Waals surface area contributed by atoms with Crippen LogP contribution in [0.25, 0.3) is 0 Å². The summed E-state index contributed by atoms with van der Waals surface area (Å²) in [6.07, 6.45) is -7.89. The number of benzene rings is 2. The maximum absolute atomic E-state index is 13.5. The van der Waals surface area contributed by atoms with Crippen molar-refractivity contribution in [2.45, 2.75) is 82.3 Å². The zero-order valence-corrected chi connectivity index (χ0v) is 23.3. The number of hydrogen-bond acceptors (Lipinski definition) is 3. The van der Waals surface area contributed by atoms with Gasteiger partial charge in [-0.1, -0.05) is 30.3 Å². The van der Waals surface area contributed by atoms with E-state index in [4.69, 9.17) is 0 Å². The van der Waals surface area contributed by atoms with E-state index in [-0.39, 0.29) is 29.6 Å². The van der Waals surface area contributed by atoms with Crippen LogP contribution in [-0.4, -0.2) is 53.3 Å². The van der Waals surface area contributed by atoms with Gasteiger partial charge in [0.1, 0.15) is 0 Å². The Kier molecular flexibility index (Phi) is 8.78. The first kappa shape index (κ1) is 30.9. The maximum atomic E-state index is 13.5. The number of carbonyl (C=O) groups excluding carboxylic acids is 2. The number of nitrogens with zero attached hydrogens (tertiary/aromatic N) is 2. The molecule has 0 spiro atoms. The lowest BCUT2D eigenvalue weighted by atomic mass is 9.74. The van der Waals surface area contributed by atoms with E-state index in [9.17, 15) is 35.9 Å². The molecule has 1 aliphatic heterocycles. The Morgan fingerprint density at radius 2 is 1.46 bits per heavy atom. The van der Waals surface area contributed by atoms with E-state index in [1.807, 2.05) is 49.1 Å². The molecule has 1 heterocycles. The van der Waals surface area contributed by atoms with Crippen molar-refractivity contribution in [1.82, 2.24) is 15.1 Å². The highest BCUT2D eigenvalue weighted by molar-refractivity contribution is 5.84. The lowest BCUT2D eigenvalue weighted by Crippen LogP contribution is -2.58. The molecule has 11 heteroatoms. The third-order valence-electron chi connectivity index (χ3n) is 8.46. The second kappa shape index (κ2) is 11.7. The minimum absolute atomic E-state index is 0.0132. The number of piperazine rings is 1. The summed E-state index contributed by atoms with van der Waals surface area (Å²) in [6.45, 7) is 7.14. The van der Waals surface area contributed by atoms with Gasteiger partial charge in [-0.3, -0.25) is 14.5 Å². The molecule has 5 nitrogen and oxygen atoms in total. The number of carbonyl (C=O) groups is 2. The minimum Gasteiger partial charge on any atom is -0.346 e. The van der Waals surface area contributed by atoms with Gasteiger partial charge in [0.25, 0.3) is 0 Å². The first-order chi connectivity index (χ1) is 19.1. The Hall–Kier alpha value is -3.08. The number of nitrogens with one attached hydrogen (secondary N) is 1. The van der Waals surface area contributed by atoms with Crippen LogP contribution in [0, 0.1) is 0 Å². The van der Waals surface area contributed by atoms with Gasteiger partial charge in [-0.05, 0) is 75.8 Å². The van der Waals surface area contributed by atoms with Crippen molar-refractivity contribution in [3.63, 3.8) is 0 Å². The van der Waals surface area contributed by atoms with Crippen LogP contribution >= 0.6 is 0 Å². The molecule has 1 N–H and O–H groups in total. The smallest absolute Gasteiger partial charge is 0.346 e. The number of amides is 2. The van der Waals surface area contributed by atoms with Crippen molar-refractivity contribution < 1.29 is 35.9 Å². The Balaban J connectivity index is 1.56. The predicted octanol–water partition coefficient (Wildman–Crippen LogP) is 6.33. The number of hydrogen-bond donors (Lipinski definition) is 1. The van der Waals surface area contributed by atoms with Gasteiger partial charge in [0.2, 0.25) is 11.8 Å². The Morgan fingerprint density at radius 1 is 0.902 bits per heavy atom. The Morgan fingerprint density at radius 3 is 1.95 bits per heavy atom. The normalized spacial score (nSPS) is 23.5. The predicted molar refractivity (Wildman–Crippen MR) is 142 cm³/mol. The van der Waals surface area contributed by atoms with Crippen LogP contribution in [0.2, 0.25) is 0 Å². The number of halogens is 6. The van der Waals surface area contributed by atoms with Crippen LogP contribution < -0.4 is 5.32 Å². The topological polar surface area (TPSA) is 52.7 Å². The molecule has 2 aliphatic rings. The van der Waals surface area contributed by atoms with Crippen LogP contribution in [0.15, 0.2) is 48.5 Å². The fraction of sp³-hybridized carbons (Fsp3) is 0.533. The van der Waals surface area contributed by atoms with Gasteiger partial charge in [0.15, 0.2) is 0 Å². The quantitative estimate of drug-likeness (QED) is 0.404. The maximum Gasteiger partial charge on any atom is 0.416 e.